The standard InChI is InChI=1S/C27H34N2O5/c1-6-28(7-2)15-16-29-24(19-9-12-21(33-5)13-10-19)23(26(31)27(29)32)25(30)20-11-14-22(34-8-3)18(4)17-20/h9-14,17,24,30H,6-8,15-16H2,1-5H3/t24-/m0/s1. The van der Waals surface area contributed by atoms with Crippen LogP contribution in [0.3, 0.4) is 0 Å². The molecular weight excluding hydrogens is 432 g/mol. The predicted molar refractivity (Wildman–Crippen MR) is 132 cm³/mol. The van der Waals surface area contributed by atoms with E-state index in [2.05, 4.69) is 18.7 Å². The van der Waals surface area contributed by atoms with Gasteiger partial charge >= 0.3 is 0 Å². The first-order valence-electron chi connectivity index (χ1n) is 11.7. The highest BCUT2D eigenvalue weighted by Crippen LogP contribution is 2.40. The highest BCUT2D eigenvalue weighted by Gasteiger charge is 2.46. The second-order valence-electron chi connectivity index (χ2n) is 8.21. The van der Waals surface area contributed by atoms with Crippen molar-refractivity contribution in [1.29, 1.82) is 0 Å². The molecule has 2 aromatic carbocycles. The Morgan fingerprint density at radius 1 is 1.06 bits per heavy atom. The van der Waals surface area contributed by atoms with Crippen LogP contribution < -0.4 is 9.47 Å². The van der Waals surface area contributed by atoms with E-state index in [0.717, 1.165) is 24.2 Å². The van der Waals surface area contributed by atoms with E-state index in [9.17, 15) is 14.7 Å². The van der Waals surface area contributed by atoms with Crippen molar-refractivity contribution in [2.75, 3.05) is 39.9 Å². The van der Waals surface area contributed by atoms with Crippen LogP contribution in [0.1, 0.15) is 43.5 Å². The number of aryl methyl sites for hydroxylation is 1. The summed E-state index contributed by atoms with van der Waals surface area (Å²) < 4.78 is 10.9. The number of ether oxygens (including phenoxy) is 2. The maximum absolute atomic E-state index is 13.2. The molecule has 1 aliphatic heterocycles. The van der Waals surface area contributed by atoms with Crippen LogP contribution >= 0.6 is 0 Å². The zero-order valence-corrected chi connectivity index (χ0v) is 20.6. The molecule has 1 aliphatic rings. The molecule has 3 rings (SSSR count). The van der Waals surface area contributed by atoms with Crippen LogP contribution in [0.15, 0.2) is 48.0 Å². The van der Waals surface area contributed by atoms with E-state index in [1.54, 1.807) is 42.3 Å². The minimum Gasteiger partial charge on any atom is -0.507 e. The lowest BCUT2D eigenvalue weighted by Crippen LogP contribution is -2.38. The summed E-state index contributed by atoms with van der Waals surface area (Å²) in [5.41, 5.74) is 2.14. The van der Waals surface area contributed by atoms with E-state index in [4.69, 9.17) is 9.47 Å². The van der Waals surface area contributed by atoms with E-state index in [-0.39, 0.29) is 11.3 Å². The van der Waals surface area contributed by atoms with E-state index < -0.39 is 17.7 Å². The molecule has 0 aromatic heterocycles. The quantitative estimate of drug-likeness (QED) is 0.322. The van der Waals surface area contributed by atoms with E-state index in [1.165, 1.54) is 0 Å². The number of benzene rings is 2. The van der Waals surface area contributed by atoms with Gasteiger partial charge in [-0.2, -0.15) is 0 Å². The van der Waals surface area contributed by atoms with Crippen molar-refractivity contribution in [3.8, 4) is 11.5 Å². The van der Waals surface area contributed by atoms with Crippen LogP contribution in [0.4, 0.5) is 0 Å². The summed E-state index contributed by atoms with van der Waals surface area (Å²) in [5.74, 6) is -0.0753. The second kappa shape index (κ2) is 11.2. The molecule has 1 N–H and O–H groups in total. The third-order valence-electron chi connectivity index (χ3n) is 6.27. The number of aliphatic hydroxyl groups is 1. The summed E-state index contributed by atoms with van der Waals surface area (Å²) in [4.78, 5) is 30.1. The minimum absolute atomic E-state index is 0.0956. The fraction of sp³-hybridized carbons (Fsp3) is 0.407. The van der Waals surface area contributed by atoms with Crippen molar-refractivity contribution in [2.24, 2.45) is 0 Å². The number of aliphatic hydroxyl groups excluding tert-OH is 1. The molecule has 0 aliphatic carbocycles. The van der Waals surface area contributed by atoms with Crippen LogP contribution in [0.25, 0.3) is 5.76 Å². The van der Waals surface area contributed by atoms with Crippen LogP contribution in [0, 0.1) is 6.92 Å². The first-order valence-corrected chi connectivity index (χ1v) is 11.7. The fourth-order valence-electron chi connectivity index (χ4n) is 4.30. The highest BCUT2D eigenvalue weighted by molar-refractivity contribution is 6.46. The van der Waals surface area contributed by atoms with Gasteiger partial charge in [0.25, 0.3) is 11.7 Å². The van der Waals surface area contributed by atoms with Crippen molar-refractivity contribution < 1.29 is 24.2 Å². The first kappa shape index (κ1) is 25.3. The number of carbonyl (C=O) groups is 2. The summed E-state index contributed by atoms with van der Waals surface area (Å²) in [6, 6.07) is 11.8. The molecule has 0 saturated carbocycles. The van der Waals surface area contributed by atoms with Crippen molar-refractivity contribution in [3.05, 3.63) is 64.7 Å². The average Bonchev–Trinajstić information content (AvgIpc) is 3.10. The van der Waals surface area contributed by atoms with Crippen molar-refractivity contribution in [1.82, 2.24) is 9.80 Å². The van der Waals surface area contributed by atoms with Gasteiger partial charge in [0, 0.05) is 18.7 Å². The molecule has 0 bridgehead atoms. The van der Waals surface area contributed by atoms with Crippen molar-refractivity contribution in [2.45, 2.75) is 33.7 Å². The minimum atomic E-state index is -0.687. The Morgan fingerprint density at radius 2 is 1.74 bits per heavy atom. The number of ketones is 1. The molecule has 0 radical (unpaired) electrons. The monoisotopic (exact) mass is 466 g/mol. The molecule has 1 atom stereocenters. The smallest absolute Gasteiger partial charge is 0.295 e. The van der Waals surface area contributed by atoms with Gasteiger partial charge in [0.05, 0.1) is 25.3 Å². The van der Waals surface area contributed by atoms with Gasteiger partial charge in [-0.15, -0.1) is 0 Å². The van der Waals surface area contributed by atoms with Crippen LogP contribution in [-0.4, -0.2) is 66.5 Å². The van der Waals surface area contributed by atoms with Gasteiger partial charge in [0.15, 0.2) is 0 Å². The number of likely N-dealkylation sites (tertiary alicyclic amines) is 1. The third-order valence-corrected chi connectivity index (χ3v) is 6.27. The molecule has 0 spiro atoms. The molecule has 182 valence electrons. The molecule has 0 unspecified atom stereocenters. The summed E-state index contributed by atoms with van der Waals surface area (Å²) in [5, 5.41) is 11.3. The van der Waals surface area contributed by atoms with Crippen LogP contribution in [-0.2, 0) is 9.59 Å². The Morgan fingerprint density at radius 3 is 2.29 bits per heavy atom. The molecule has 1 saturated heterocycles. The van der Waals surface area contributed by atoms with E-state index >= 15 is 0 Å². The summed E-state index contributed by atoms with van der Waals surface area (Å²) in [6.45, 7) is 11.1. The van der Waals surface area contributed by atoms with Crippen LogP contribution in [0.5, 0.6) is 11.5 Å². The lowest BCUT2D eigenvalue weighted by Gasteiger charge is -2.28. The van der Waals surface area contributed by atoms with Gasteiger partial charge in [0.2, 0.25) is 0 Å². The van der Waals surface area contributed by atoms with Gasteiger partial charge in [0.1, 0.15) is 17.3 Å². The fourth-order valence-corrected chi connectivity index (χ4v) is 4.30. The number of likely N-dealkylation sites (N-methyl/N-ethyl adjacent to an activating group) is 1. The Bertz CT molecular complexity index is 1060. The van der Waals surface area contributed by atoms with Gasteiger partial charge in [-0.25, -0.2) is 0 Å². The maximum Gasteiger partial charge on any atom is 0.295 e. The number of nitrogens with zero attached hydrogens (tertiary/aromatic N) is 2. The lowest BCUT2D eigenvalue weighted by molar-refractivity contribution is -0.140. The van der Waals surface area contributed by atoms with Crippen LogP contribution in [0.2, 0.25) is 0 Å². The molecular formula is C27H34N2O5. The van der Waals surface area contributed by atoms with E-state index in [1.807, 2.05) is 26.0 Å². The van der Waals surface area contributed by atoms with Crippen molar-refractivity contribution in [3.63, 3.8) is 0 Å². The van der Waals surface area contributed by atoms with E-state index in [0.29, 0.717) is 36.8 Å². The largest absolute Gasteiger partial charge is 0.507 e. The Hall–Kier alpha value is -3.32. The molecule has 7 heteroatoms. The molecule has 34 heavy (non-hydrogen) atoms. The number of carbonyl (C=O) groups excluding carboxylic acids is 2. The predicted octanol–water partition coefficient (Wildman–Crippen LogP) is 4.17. The second-order valence-corrected chi connectivity index (χ2v) is 8.21. The summed E-state index contributed by atoms with van der Waals surface area (Å²) >= 11 is 0. The van der Waals surface area contributed by atoms with Gasteiger partial charge in [-0.05, 0) is 68.4 Å². The lowest BCUT2D eigenvalue weighted by atomic mass is 9.94. The first-order chi connectivity index (χ1) is 16.4. The normalized spacial score (nSPS) is 17.5. The Kier molecular flexibility index (Phi) is 8.34. The number of amides is 1. The molecule has 1 amide bonds. The maximum atomic E-state index is 13.2. The van der Waals surface area contributed by atoms with Gasteiger partial charge < -0.3 is 24.4 Å². The molecule has 7 nitrogen and oxygen atoms in total. The third kappa shape index (κ3) is 5.09. The Balaban J connectivity index is 2.09. The highest BCUT2D eigenvalue weighted by atomic mass is 16.5. The van der Waals surface area contributed by atoms with Gasteiger partial charge in [-0.3, -0.25) is 9.59 Å². The SMILES string of the molecule is CCOc1ccc(C(O)=C2C(=O)C(=O)N(CCN(CC)CC)[C@H]2c2ccc(OC)cc2)cc1C. The molecule has 2 aromatic rings. The zero-order valence-electron chi connectivity index (χ0n) is 20.6. The summed E-state index contributed by atoms with van der Waals surface area (Å²) in [7, 11) is 1.58. The number of rotatable bonds is 10. The van der Waals surface area contributed by atoms with Gasteiger partial charge in [-0.1, -0.05) is 26.0 Å². The molecule has 1 heterocycles. The number of hydrogen-bond acceptors (Lipinski definition) is 6. The zero-order chi connectivity index (χ0) is 24.8. The molecule has 1 fully saturated rings. The number of Topliss-reactive ketones (excluding diaryl/α,β-unsaturated/α-hetero) is 1. The number of hydrogen-bond donors (Lipinski definition) is 1. The Labute approximate surface area is 201 Å². The summed E-state index contributed by atoms with van der Waals surface area (Å²) in [6.07, 6.45) is 0. The van der Waals surface area contributed by atoms with Crippen molar-refractivity contribution >= 4 is 17.4 Å². The topological polar surface area (TPSA) is 79.3 Å². The number of methoxy groups -OCH3 is 1. The average molecular weight is 467 g/mol.